The fourth-order valence-corrected chi connectivity index (χ4v) is 1.84. The minimum absolute atomic E-state index is 0.422. The number of nitrogens with two attached hydrogens (primary N) is 1. The molecule has 0 aromatic carbocycles. The van der Waals surface area contributed by atoms with E-state index < -0.39 is 66.2 Å². The van der Waals surface area contributed by atoms with E-state index in [1.54, 1.807) is 13.8 Å². The molecular weight excluding hydrogens is 348 g/mol. The van der Waals surface area contributed by atoms with Crippen LogP contribution in [-0.4, -0.2) is 64.0 Å². The molecule has 0 saturated heterocycles. The molecule has 0 saturated carbocycles. The molecule has 11 heteroatoms. The van der Waals surface area contributed by atoms with Gasteiger partial charge in [0.25, 0.3) is 0 Å². The maximum atomic E-state index is 12.3. The molecule has 0 spiro atoms. The second kappa shape index (κ2) is 10.3. The van der Waals surface area contributed by atoms with Crippen LogP contribution >= 0.6 is 0 Å². The Hall–Kier alpha value is -2.69. The Morgan fingerprint density at radius 3 is 1.77 bits per heavy atom. The average molecular weight is 374 g/mol. The number of carbonyl (C=O) groups excluding carboxylic acids is 3. The predicted molar refractivity (Wildman–Crippen MR) is 89.8 cm³/mol. The lowest BCUT2D eigenvalue weighted by Gasteiger charge is -2.25. The summed E-state index contributed by atoms with van der Waals surface area (Å²) in [6.45, 7) is 5.85. The Morgan fingerprint density at radius 1 is 0.846 bits per heavy atom. The molecule has 0 radical (unpaired) electrons. The summed E-state index contributed by atoms with van der Waals surface area (Å²) in [5.41, 5.74) is 5.39. The van der Waals surface area contributed by atoms with Crippen molar-refractivity contribution in [3.63, 3.8) is 0 Å². The number of hydrogen-bond acceptors (Lipinski definition) is 6. The summed E-state index contributed by atoms with van der Waals surface area (Å²) in [4.78, 5) is 58.0. The van der Waals surface area contributed by atoms with Crippen molar-refractivity contribution in [1.82, 2.24) is 16.0 Å². The van der Waals surface area contributed by atoms with E-state index in [1.807, 2.05) is 0 Å². The smallest absolute Gasteiger partial charge is 0.325 e. The molecule has 4 unspecified atom stereocenters. The third-order valence-corrected chi connectivity index (χ3v) is 3.40. The first-order chi connectivity index (χ1) is 11.9. The van der Waals surface area contributed by atoms with E-state index in [9.17, 15) is 24.0 Å². The van der Waals surface area contributed by atoms with Crippen LogP contribution in [-0.2, 0) is 24.0 Å². The van der Waals surface area contributed by atoms with E-state index in [4.69, 9.17) is 15.9 Å². The first-order valence-electron chi connectivity index (χ1n) is 7.98. The van der Waals surface area contributed by atoms with Crippen molar-refractivity contribution < 1.29 is 34.2 Å². The fourth-order valence-electron chi connectivity index (χ4n) is 1.84. The zero-order chi connectivity index (χ0) is 20.6. The van der Waals surface area contributed by atoms with Crippen LogP contribution in [0.15, 0.2) is 0 Å². The van der Waals surface area contributed by atoms with E-state index in [0.717, 1.165) is 0 Å². The topological polar surface area (TPSA) is 188 Å². The molecular formula is C15H26N4O7. The zero-order valence-electron chi connectivity index (χ0n) is 15.1. The van der Waals surface area contributed by atoms with Gasteiger partial charge in [-0.3, -0.25) is 24.0 Å². The van der Waals surface area contributed by atoms with Gasteiger partial charge in [0.05, 0.1) is 12.5 Å². The van der Waals surface area contributed by atoms with Crippen molar-refractivity contribution in [2.75, 3.05) is 0 Å². The van der Waals surface area contributed by atoms with Gasteiger partial charge in [0.2, 0.25) is 17.7 Å². The Balaban J connectivity index is 5.22. The van der Waals surface area contributed by atoms with E-state index in [0.29, 0.717) is 0 Å². The molecule has 0 bridgehead atoms. The third-order valence-electron chi connectivity index (χ3n) is 3.40. The highest BCUT2D eigenvalue weighted by atomic mass is 16.4. The lowest BCUT2D eigenvalue weighted by Crippen LogP contribution is -2.58. The molecule has 7 N–H and O–H groups in total. The molecule has 0 aromatic rings. The van der Waals surface area contributed by atoms with Gasteiger partial charge >= 0.3 is 11.9 Å². The number of carboxylic acid groups (broad SMARTS) is 2. The van der Waals surface area contributed by atoms with Gasteiger partial charge in [-0.15, -0.1) is 0 Å². The van der Waals surface area contributed by atoms with Crippen molar-refractivity contribution in [1.29, 1.82) is 0 Å². The summed E-state index contributed by atoms with van der Waals surface area (Å²) in [7, 11) is 0. The highest BCUT2D eigenvalue weighted by Crippen LogP contribution is 2.05. The van der Waals surface area contributed by atoms with Crippen molar-refractivity contribution in [2.45, 2.75) is 58.3 Å². The molecule has 0 aliphatic carbocycles. The lowest BCUT2D eigenvalue weighted by molar-refractivity contribution is -0.143. The molecule has 11 nitrogen and oxygen atoms in total. The van der Waals surface area contributed by atoms with Crippen LogP contribution in [0.25, 0.3) is 0 Å². The molecule has 0 rings (SSSR count). The average Bonchev–Trinajstić information content (AvgIpc) is 2.50. The Bertz CT molecular complexity index is 562. The number of aliphatic carboxylic acids is 2. The second-order valence-electron chi connectivity index (χ2n) is 6.25. The van der Waals surface area contributed by atoms with Crippen molar-refractivity contribution in [2.24, 2.45) is 11.7 Å². The van der Waals surface area contributed by atoms with Gasteiger partial charge < -0.3 is 31.9 Å². The quantitative estimate of drug-likeness (QED) is 0.254. The van der Waals surface area contributed by atoms with Crippen LogP contribution in [0, 0.1) is 5.92 Å². The molecule has 0 heterocycles. The van der Waals surface area contributed by atoms with Gasteiger partial charge in [0.1, 0.15) is 18.1 Å². The van der Waals surface area contributed by atoms with Crippen molar-refractivity contribution in [3.8, 4) is 0 Å². The molecule has 26 heavy (non-hydrogen) atoms. The maximum absolute atomic E-state index is 12.3. The van der Waals surface area contributed by atoms with E-state index in [1.165, 1.54) is 13.8 Å². The molecule has 0 aliphatic rings. The largest absolute Gasteiger partial charge is 0.481 e. The monoisotopic (exact) mass is 374 g/mol. The van der Waals surface area contributed by atoms with Crippen LogP contribution in [0.1, 0.15) is 34.1 Å². The summed E-state index contributed by atoms with van der Waals surface area (Å²) in [6, 6.07) is -4.68. The first-order valence-corrected chi connectivity index (χ1v) is 7.98. The van der Waals surface area contributed by atoms with Crippen LogP contribution in [0.2, 0.25) is 0 Å². The standard InChI is InChI=1S/C15H26N4O7/c1-6(2)11(14(24)17-8(4)15(25)26)19-13(23)9(5-10(20)21)18-12(22)7(3)16/h6-9,11H,5,16H2,1-4H3,(H,17,24)(H,18,22)(H,19,23)(H,20,21)(H,25,26). The molecule has 0 aliphatic heterocycles. The molecule has 0 fully saturated rings. The van der Waals surface area contributed by atoms with Gasteiger partial charge in [-0.2, -0.15) is 0 Å². The van der Waals surface area contributed by atoms with E-state index in [-0.39, 0.29) is 0 Å². The maximum Gasteiger partial charge on any atom is 0.325 e. The number of hydrogen-bond donors (Lipinski definition) is 6. The zero-order valence-corrected chi connectivity index (χ0v) is 15.1. The highest BCUT2D eigenvalue weighted by Gasteiger charge is 2.31. The van der Waals surface area contributed by atoms with Gasteiger partial charge in [-0.25, -0.2) is 0 Å². The highest BCUT2D eigenvalue weighted by molar-refractivity contribution is 5.95. The van der Waals surface area contributed by atoms with E-state index in [2.05, 4.69) is 16.0 Å². The summed E-state index contributed by atoms with van der Waals surface area (Å²) in [6.07, 6.45) is -0.706. The van der Waals surface area contributed by atoms with Gasteiger partial charge in [-0.05, 0) is 19.8 Å². The normalized spacial score (nSPS) is 15.3. The van der Waals surface area contributed by atoms with Crippen LogP contribution < -0.4 is 21.7 Å². The molecule has 148 valence electrons. The fraction of sp³-hybridized carbons (Fsp3) is 0.667. The van der Waals surface area contributed by atoms with Gasteiger partial charge in [-0.1, -0.05) is 13.8 Å². The van der Waals surface area contributed by atoms with E-state index >= 15 is 0 Å². The summed E-state index contributed by atoms with van der Waals surface area (Å²) >= 11 is 0. The Kier molecular flexibility index (Phi) is 9.27. The number of rotatable bonds is 10. The SMILES string of the molecule is CC(N)C(=O)NC(CC(=O)O)C(=O)NC(C(=O)NC(C)C(=O)O)C(C)C. The summed E-state index contributed by atoms with van der Waals surface area (Å²) in [5, 5.41) is 24.5. The minimum Gasteiger partial charge on any atom is -0.481 e. The number of carbonyl (C=O) groups is 5. The summed E-state index contributed by atoms with van der Waals surface area (Å²) < 4.78 is 0. The number of carboxylic acids is 2. The Labute approximate surface area is 150 Å². The first kappa shape index (κ1) is 23.3. The van der Waals surface area contributed by atoms with Crippen LogP contribution in [0.4, 0.5) is 0 Å². The van der Waals surface area contributed by atoms with Crippen molar-refractivity contribution in [3.05, 3.63) is 0 Å². The summed E-state index contributed by atoms with van der Waals surface area (Å²) in [5.74, 6) is -5.36. The number of amides is 3. The van der Waals surface area contributed by atoms with Crippen LogP contribution in [0.3, 0.4) is 0 Å². The molecule has 0 aromatic heterocycles. The van der Waals surface area contributed by atoms with Gasteiger partial charge in [0.15, 0.2) is 0 Å². The number of nitrogens with one attached hydrogen (secondary N) is 3. The van der Waals surface area contributed by atoms with Gasteiger partial charge in [0, 0.05) is 0 Å². The minimum atomic E-state index is -1.43. The Morgan fingerprint density at radius 2 is 1.38 bits per heavy atom. The second-order valence-corrected chi connectivity index (χ2v) is 6.25. The predicted octanol–water partition coefficient (Wildman–Crippen LogP) is -1.98. The van der Waals surface area contributed by atoms with Crippen LogP contribution in [0.5, 0.6) is 0 Å². The molecule has 3 amide bonds. The molecule has 4 atom stereocenters. The van der Waals surface area contributed by atoms with Crippen molar-refractivity contribution >= 4 is 29.7 Å². The third kappa shape index (κ3) is 7.92. The lowest BCUT2D eigenvalue weighted by atomic mass is 10.0.